The Bertz CT molecular complexity index is 1030. The zero-order valence-electron chi connectivity index (χ0n) is 16.8. The van der Waals surface area contributed by atoms with Crippen LogP contribution in [0.25, 0.3) is 11.3 Å². The molecule has 162 valence electrons. The maximum atomic E-state index is 12.9. The molecule has 1 fully saturated rings. The summed E-state index contributed by atoms with van der Waals surface area (Å²) in [4.78, 5) is 20.4. The van der Waals surface area contributed by atoms with E-state index in [0.29, 0.717) is 49.9 Å². The summed E-state index contributed by atoms with van der Waals surface area (Å²) >= 11 is 0. The molecular formula is C23H22F3N3O2. The molecule has 0 N–H and O–H groups in total. The summed E-state index contributed by atoms with van der Waals surface area (Å²) in [6, 6.07) is 14.9. The van der Waals surface area contributed by atoms with Gasteiger partial charge in [0.1, 0.15) is 0 Å². The molecule has 1 saturated heterocycles. The van der Waals surface area contributed by atoms with Crippen molar-refractivity contribution in [3.8, 4) is 11.3 Å². The van der Waals surface area contributed by atoms with Gasteiger partial charge >= 0.3 is 6.18 Å². The van der Waals surface area contributed by atoms with Crippen molar-refractivity contribution in [3.63, 3.8) is 0 Å². The summed E-state index contributed by atoms with van der Waals surface area (Å²) in [6.07, 6.45) is -2.03. The Morgan fingerprint density at radius 1 is 1.00 bits per heavy atom. The molecule has 3 aromatic rings. The lowest BCUT2D eigenvalue weighted by Gasteiger charge is -2.36. The smallest absolute Gasteiger partial charge is 0.416 e. The van der Waals surface area contributed by atoms with E-state index in [9.17, 15) is 18.0 Å². The van der Waals surface area contributed by atoms with Gasteiger partial charge in [-0.25, -0.2) is 4.98 Å². The number of anilines is 1. The third kappa shape index (κ3) is 5.07. The number of rotatable bonds is 5. The van der Waals surface area contributed by atoms with Crippen LogP contribution < -0.4 is 4.90 Å². The number of aryl methyl sites for hydroxylation is 1. The van der Waals surface area contributed by atoms with Crippen LogP contribution in [0.4, 0.5) is 18.9 Å². The van der Waals surface area contributed by atoms with Gasteiger partial charge in [-0.15, -0.1) is 0 Å². The van der Waals surface area contributed by atoms with Gasteiger partial charge < -0.3 is 14.2 Å². The minimum Gasteiger partial charge on any atom is -0.441 e. The number of oxazole rings is 1. The molecule has 4 rings (SSSR count). The molecule has 2 aromatic carbocycles. The molecule has 1 amide bonds. The van der Waals surface area contributed by atoms with E-state index in [1.807, 2.05) is 35.2 Å². The predicted molar refractivity (Wildman–Crippen MR) is 110 cm³/mol. The van der Waals surface area contributed by atoms with E-state index in [0.717, 1.165) is 17.7 Å². The lowest BCUT2D eigenvalue weighted by Crippen LogP contribution is -2.48. The molecule has 0 atom stereocenters. The Kier molecular flexibility index (Phi) is 5.97. The highest BCUT2D eigenvalue weighted by molar-refractivity contribution is 5.76. The molecule has 0 spiro atoms. The number of nitrogens with zero attached hydrogens (tertiary/aromatic N) is 3. The van der Waals surface area contributed by atoms with E-state index in [1.54, 1.807) is 17.2 Å². The van der Waals surface area contributed by atoms with E-state index in [-0.39, 0.29) is 12.3 Å². The molecule has 0 saturated carbocycles. The van der Waals surface area contributed by atoms with Gasteiger partial charge in [0.15, 0.2) is 11.7 Å². The van der Waals surface area contributed by atoms with Crippen LogP contribution in [0, 0.1) is 0 Å². The summed E-state index contributed by atoms with van der Waals surface area (Å²) in [7, 11) is 0. The first-order chi connectivity index (χ1) is 14.9. The number of alkyl halides is 3. The summed E-state index contributed by atoms with van der Waals surface area (Å²) in [6.45, 7) is 1.92. The first-order valence-electron chi connectivity index (χ1n) is 10.1. The van der Waals surface area contributed by atoms with Crippen molar-refractivity contribution in [2.45, 2.75) is 19.0 Å². The van der Waals surface area contributed by atoms with Gasteiger partial charge in [-0.05, 0) is 18.2 Å². The second kappa shape index (κ2) is 8.83. The molecule has 0 bridgehead atoms. The predicted octanol–water partition coefficient (Wildman–Crippen LogP) is 4.64. The SMILES string of the molecule is O=C(CCc1ncc(-c2ccccc2)o1)N1CCN(c2cccc(C(F)(F)F)c2)CC1. The van der Waals surface area contributed by atoms with Crippen molar-refractivity contribution in [2.75, 3.05) is 31.1 Å². The normalized spacial score (nSPS) is 14.7. The highest BCUT2D eigenvalue weighted by Gasteiger charge is 2.31. The van der Waals surface area contributed by atoms with Gasteiger partial charge in [-0.1, -0.05) is 36.4 Å². The van der Waals surface area contributed by atoms with Gasteiger partial charge in [-0.3, -0.25) is 4.79 Å². The number of hydrogen-bond donors (Lipinski definition) is 0. The Hall–Kier alpha value is -3.29. The van der Waals surface area contributed by atoms with Gasteiger partial charge in [0, 0.05) is 50.3 Å². The Morgan fingerprint density at radius 2 is 1.74 bits per heavy atom. The minimum atomic E-state index is -4.37. The monoisotopic (exact) mass is 429 g/mol. The van der Waals surface area contributed by atoms with Crippen LogP contribution in [-0.2, 0) is 17.4 Å². The number of halogens is 3. The zero-order valence-corrected chi connectivity index (χ0v) is 16.8. The second-order valence-corrected chi connectivity index (χ2v) is 7.40. The average molecular weight is 429 g/mol. The highest BCUT2D eigenvalue weighted by Crippen LogP contribution is 2.32. The fraction of sp³-hybridized carbons (Fsp3) is 0.304. The number of aromatic nitrogens is 1. The molecule has 2 heterocycles. The largest absolute Gasteiger partial charge is 0.441 e. The Morgan fingerprint density at radius 3 is 2.45 bits per heavy atom. The maximum absolute atomic E-state index is 12.9. The van der Waals surface area contributed by atoms with Crippen LogP contribution >= 0.6 is 0 Å². The van der Waals surface area contributed by atoms with Crippen LogP contribution in [0.5, 0.6) is 0 Å². The average Bonchev–Trinajstić information content (AvgIpc) is 3.27. The third-order valence-electron chi connectivity index (χ3n) is 5.34. The van der Waals surface area contributed by atoms with E-state index < -0.39 is 11.7 Å². The fourth-order valence-corrected chi connectivity index (χ4v) is 3.63. The Balaban J connectivity index is 1.29. The quantitative estimate of drug-likeness (QED) is 0.593. The molecule has 1 aliphatic heterocycles. The van der Waals surface area contributed by atoms with Crippen LogP contribution in [0.3, 0.4) is 0 Å². The lowest BCUT2D eigenvalue weighted by atomic mass is 10.1. The van der Waals surface area contributed by atoms with E-state index in [2.05, 4.69) is 4.98 Å². The van der Waals surface area contributed by atoms with Crippen LogP contribution in [0.15, 0.2) is 65.2 Å². The first kappa shape index (κ1) is 21.0. The third-order valence-corrected chi connectivity index (χ3v) is 5.34. The number of piperazine rings is 1. The molecule has 5 nitrogen and oxygen atoms in total. The Labute approximate surface area is 178 Å². The molecule has 8 heteroatoms. The fourth-order valence-electron chi connectivity index (χ4n) is 3.63. The number of hydrogen-bond acceptors (Lipinski definition) is 4. The lowest BCUT2D eigenvalue weighted by molar-refractivity contribution is -0.137. The second-order valence-electron chi connectivity index (χ2n) is 7.40. The van der Waals surface area contributed by atoms with Crippen molar-refractivity contribution in [3.05, 3.63) is 72.2 Å². The number of carbonyl (C=O) groups excluding carboxylic acids is 1. The minimum absolute atomic E-state index is 0.0110. The van der Waals surface area contributed by atoms with E-state index >= 15 is 0 Å². The van der Waals surface area contributed by atoms with E-state index in [4.69, 9.17) is 4.42 Å². The molecule has 1 aromatic heterocycles. The molecule has 0 radical (unpaired) electrons. The van der Waals surface area contributed by atoms with Gasteiger partial charge in [0.05, 0.1) is 11.8 Å². The molecule has 0 unspecified atom stereocenters. The maximum Gasteiger partial charge on any atom is 0.416 e. The molecular weight excluding hydrogens is 407 g/mol. The van der Waals surface area contributed by atoms with Crippen molar-refractivity contribution >= 4 is 11.6 Å². The van der Waals surface area contributed by atoms with Crippen molar-refractivity contribution in [1.82, 2.24) is 9.88 Å². The van der Waals surface area contributed by atoms with Gasteiger partial charge in [0.2, 0.25) is 5.91 Å². The summed E-state index contributed by atoms with van der Waals surface area (Å²) in [5.41, 5.74) is 0.790. The number of amides is 1. The topological polar surface area (TPSA) is 49.6 Å². The van der Waals surface area contributed by atoms with Crippen molar-refractivity contribution < 1.29 is 22.4 Å². The van der Waals surface area contributed by atoms with Crippen molar-refractivity contribution in [2.24, 2.45) is 0 Å². The zero-order chi connectivity index (χ0) is 21.8. The number of carbonyl (C=O) groups is 1. The van der Waals surface area contributed by atoms with Gasteiger partial charge in [-0.2, -0.15) is 13.2 Å². The van der Waals surface area contributed by atoms with Crippen LogP contribution in [0.2, 0.25) is 0 Å². The summed E-state index contributed by atoms with van der Waals surface area (Å²) in [5.74, 6) is 1.16. The summed E-state index contributed by atoms with van der Waals surface area (Å²) < 4.78 is 44.6. The van der Waals surface area contributed by atoms with E-state index in [1.165, 1.54) is 6.07 Å². The summed E-state index contributed by atoms with van der Waals surface area (Å²) in [5, 5.41) is 0. The molecule has 0 aliphatic carbocycles. The highest BCUT2D eigenvalue weighted by atomic mass is 19.4. The van der Waals surface area contributed by atoms with Gasteiger partial charge in [0.25, 0.3) is 0 Å². The first-order valence-corrected chi connectivity index (χ1v) is 10.1. The number of benzene rings is 2. The molecule has 31 heavy (non-hydrogen) atoms. The van der Waals surface area contributed by atoms with Crippen molar-refractivity contribution in [1.29, 1.82) is 0 Å². The van der Waals surface area contributed by atoms with Crippen LogP contribution in [-0.4, -0.2) is 42.0 Å². The van der Waals surface area contributed by atoms with Crippen LogP contribution in [0.1, 0.15) is 17.9 Å². The molecule has 1 aliphatic rings. The standard InChI is InChI=1S/C23H22F3N3O2/c24-23(25,26)18-7-4-8-19(15-18)28-11-13-29(14-12-28)22(30)10-9-21-27-16-20(31-21)17-5-2-1-3-6-17/h1-8,15-16H,9-14H2.